The highest BCUT2D eigenvalue weighted by Crippen LogP contribution is 2.25. The summed E-state index contributed by atoms with van der Waals surface area (Å²) in [4.78, 5) is 0. The van der Waals surface area contributed by atoms with Crippen LogP contribution in [0, 0.1) is 0 Å². The fourth-order valence-electron chi connectivity index (χ4n) is 2.39. The normalized spacial score (nSPS) is 9.79. The molecule has 0 radical (unpaired) electrons. The minimum atomic E-state index is 0.555. The number of hydrogen-bond acceptors (Lipinski definition) is 1. The molecule has 0 aromatic heterocycles. The second kappa shape index (κ2) is 16.7. The molecule has 0 heterocycles. The molecule has 2 rings (SSSR count). The zero-order valence-corrected chi connectivity index (χ0v) is 19.6. The molecule has 0 saturated carbocycles. The summed E-state index contributed by atoms with van der Waals surface area (Å²) in [5.41, 5.74) is 2.67. The average molecular weight is 395 g/mol. The summed E-state index contributed by atoms with van der Waals surface area (Å²) in [7, 11) is 0. The van der Waals surface area contributed by atoms with Crippen molar-refractivity contribution in [2.24, 2.45) is 0 Å². The van der Waals surface area contributed by atoms with E-state index in [4.69, 9.17) is 4.74 Å². The van der Waals surface area contributed by atoms with Gasteiger partial charge in [-0.2, -0.15) is 0 Å². The van der Waals surface area contributed by atoms with Gasteiger partial charge in [0.1, 0.15) is 11.5 Å². The molecular formula is C28H42O. The van der Waals surface area contributed by atoms with Gasteiger partial charge in [0.25, 0.3) is 0 Å². The third-order valence-electron chi connectivity index (χ3n) is 4.31. The average Bonchev–Trinajstić information content (AvgIpc) is 2.71. The molecule has 0 aliphatic heterocycles. The van der Waals surface area contributed by atoms with Crippen LogP contribution in [0.3, 0.4) is 0 Å². The van der Waals surface area contributed by atoms with E-state index in [0.717, 1.165) is 24.3 Å². The van der Waals surface area contributed by atoms with E-state index < -0.39 is 0 Å². The van der Waals surface area contributed by atoms with E-state index in [1.165, 1.54) is 24.0 Å². The van der Waals surface area contributed by atoms with E-state index in [2.05, 4.69) is 79.0 Å². The molecule has 0 saturated heterocycles. The van der Waals surface area contributed by atoms with Crippen LogP contribution in [0.1, 0.15) is 90.2 Å². The SMILES string of the molecule is C=CCCC.C=CCCC.CC(C)c1ccc(Oc2ccc(C(C)C)cc2)cc1. The first-order valence-electron chi connectivity index (χ1n) is 11.0. The van der Waals surface area contributed by atoms with E-state index in [1.807, 2.05) is 36.4 Å². The topological polar surface area (TPSA) is 9.23 Å². The first-order chi connectivity index (χ1) is 13.9. The summed E-state index contributed by atoms with van der Waals surface area (Å²) in [5, 5.41) is 0. The van der Waals surface area contributed by atoms with E-state index in [0.29, 0.717) is 11.8 Å². The Morgan fingerprint density at radius 3 is 1.14 bits per heavy atom. The van der Waals surface area contributed by atoms with Crippen LogP contribution in [0.25, 0.3) is 0 Å². The first kappa shape index (κ1) is 26.7. The second-order valence-corrected chi connectivity index (χ2v) is 7.70. The zero-order valence-electron chi connectivity index (χ0n) is 19.6. The number of hydrogen-bond donors (Lipinski definition) is 0. The predicted molar refractivity (Wildman–Crippen MR) is 131 cm³/mol. The lowest BCUT2D eigenvalue weighted by Crippen LogP contribution is -1.90. The van der Waals surface area contributed by atoms with Crippen molar-refractivity contribution in [1.29, 1.82) is 0 Å². The minimum absolute atomic E-state index is 0.555. The summed E-state index contributed by atoms with van der Waals surface area (Å²) >= 11 is 0. The van der Waals surface area contributed by atoms with E-state index in [1.54, 1.807) is 0 Å². The number of benzene rings is 2. The predicted octanol–water partition coefficient (Wildman–Crippen LogP) is 9.67. The van der Waals surface area contributed by atoms with Crippen LogP contribution in [0.2, 0.25) is 0 Å². The molecule has 0 N–H and O–H groups in total. The fourth-order valence-corrected chi connectivity index (χ4v) is 2.39. The van der Waals surface area contributed by atoms with Crippen LogP contribution >= 0.6 is 0 Å². The van der Waals surface area contributed by atoms with Gasteiger partial charge in [-0.05, 0) is 60.1 Å². The van der Waals surface area contributed by atoms with Crippen molar-refractivity contribution < 1.29 is 4.74 Å². The molecular weight excluding hydrogens is 352 g/mol. The van der Waals surface area contributed by atoms with Crippen molar-refractivity contribution in [3.8, 4) is 11.5 Å². The van der Waals surface area contributed by atoms with Crippen LogP contribution in [-0.4, -0.2) is 0 Å². The van der Waals surface area contributed by atoms with Crippen molar-refractivity contribution >= 4 is 0 Å². The summed E-state index contributed by atoms with van der Waals surface area (Å²) in [6, 6.07) is 16.6. The first-order valence-corrected chi connectivity index (χ1v) is 11.0. The number of rotatable bonds is 8. The van der Waals surface area contributed by atoms with E-state index >= 15 is 0 Å². The van der Waals surface area contributed by atoms with E-state index in [-0.39, 0.29) is 0 Å². The molecule has 2 aromatic rings. The Balaban J connectivity index is 0.000000653. The zero-order chi connectivity index (χ0) is 22.1. The van der Waals surface area contributed by atoms with Gasteiger partial charge >= 0.3 is 0 Å². The van der Waals surface area contributed by atoms with Crippen LogP contribution in [-0.2, 0) is 0 Å². The Labute approximate surface area is 180 Å². The summed E-state index contributed by atoms with van der Waals surface area (Å²) < 4.78 is 5.85. The summed E-state index contributed by atoms with van der Waals surface area (Å²) in [6.45, 7) is 20.2. The van der Waals surface area contributed by atoms with Crippen LogP contribution < -0.4 is 4.74 Å². The molecule has 0 aliphatic carbocycles. The molecule has 0 spiro atoms. The highest BCUT2D eigenvalue weighted by atomic mass is 16.5. The van der Waals surface area contributed by atoms with Crippen LogP contribution in [0.4, 0.5) is 0 Å². The Morgan fingerprint density at radius 1 is 0.655 bits per heavy atom. The van der Waals surface area contributed by atoms with Crippen molar-refractivity contribution in [2.75, 3.05) is 0 Å². The molecule has 1 nitrogen and oxygen atoms in total. The third-order valence-corrected chi connectivity index (χ3v) is 4.31. The molecule has 2 aromatic carbocycles. The monoisotopic (exact) mass is 394 g/mol. The van der Waals surface area contributed by atoms with Crippen LogP contribution in [0.15, 0.2) is 73.8 Å². The van der Waals surface area contributed by atoms with Gasteiger partial charge in [-0.25, -0.2) is 0 Å². The van der Waals surface area contributed by atoms with Gasteiger partial charge in [0.2, 0.25) is 0 Å². The van der Waals surface area contributed by atoms with Gasteiger partial charge in [-0.3, -0.25) is 0 Å². The lowest BCUT2D eigenvalue weighted by atomic mass is 10.0. The van der Waals surface area contributed by atoms with Crippen LogP contribution in [0.5, 0.6) is 11.5 Å². The van der Waals surface area contributed by atoms with Gasteiger partial charge < -0.3 is 4.74 Å². The summed E-state index contributed by atoms with van der Waals surface area (Å²) in [5.74, 6) is 2.89. The van der Waals surface area contributed by atoms with Crippen molar-refractivity contribution in [3.05, 3.63) is 85.0 Å². The minimum Gasteiger partial charge on any atom is -0.457 e. The van der Waals surface area contributed by atoms with Gasteiger partial charge in [0.05, 0.1) is 0 Å². The standard InChI is InChI=1S/C18H22O.2C5H10/c1-13(2)15-5-9-17(10-6-15)19-18-11-7-16(8-12-18)14(3)4;2*1-3-5-4-2/h5-14H,1-4H3;2*3H,1,4-5H2,2H3. The number of ether oxygens (including phenoxy) is 1. The van der Waals surface area contributed by atoms with Gasteiger partial charge in [-0.15, -0.1) is 13.2 Å². The molecule has 29 heavy (non-hydrogen) atoms. The molecule has 0 unspecified atom stereocenters. The Kier molecular flexibility index (Phi) is 15.3. The maximum Gasteiger partial charge on any atom is 0.127 e. The lowest BCUT2D eigenvalue weighted by molar-refractivity contribution is 0.482. The largest absolute Gasteiger partial charge is 0.457 e. The van der Waals surface area contributed by atoms with Crippen molar-refractivity contribution in [1.82, 2.24) is 0 Å². The fraction of sp³-hybridized carbons (Fsp3) is 0.429. The van der Waals surface area contributed by atoms with Crippen molar-refractivity contribution in [2.45, 2.75) is 79.1 Å². The maximum atomic E-state index is 5.85. The Hall–Kier alpha value is -2.28. The molecule has 0 aliphatic rings. The number of allylic oxidation sites excluding steroid dienone is 2. The van der Waals surface area contributed by atoms with Crippen molar-refractivity contribution in [3.63, 3.8) is 0 Å². The quantitative estimate of drug-likeness (QED) is 0.405. The third kappa shape index (κ3) is 12.7. The second-order valence-electron chi connectivity index (χ2n) is 7.70. The molecule has 0 bridgehead atoms. The molecule has 1 heteroatoms. The van der Waals surface area contributed by atoms with Gasteiger partial charge in [0, 0.05) is 0 Å². The molecule has 160 valence electrons. The Bertz CT molecular complexity index is 588. The molecule has 0 atom stereocenters. The maximum absolute atomic E-state index is 5.85. The van der Waals surface area contributed by atoms with E-state index in [9.17, 15) is 0 Å². The van der Waals surface area contributed by atoms with Gasteiger partial charge in [-0.1, -0.05) is 90.8 Å². The lowest BCUT2D eigenvalue weighted by Gasteiger charge is -2.10. The molecule has 0 fully saturated rings. The highest BCUT2D eigenvalue weighted by Gasteiger charge is 2.02. The molecule has 0 amide bonds. The Morgan fingerprint density at radius 2 is 0.966 bits per heavy atom. The summed E-state index contributed by atoms with van der Waals surface area (Å²) in [6.07, 6.45) is 8.62. The number of unbranched alkanes of at least 4 members (excludes halogenated alkanes) is 2. The van der Waals surface area contributed by atoms with Gasteiger partial charge in [0.15, 0.2) is 0 Å². The smallest absolute Gasteiger partial charge is 0.127 e. The highest BCUT2D eigenvalue weighted by molar-refractivity contribution is 5.35.